The van der Waals surface area contributed by atoms with Crippen molar-refractivity contribution in [3.05, 3.63) is 176 Å². The molecule has 0 spiro atoms. The number of hydrogen-bond donors (Lipinski definition) is 0. The SMILES string of the molecule is c1cc(-c2cccc3sc4ccccc4c23)cc(N(c2ccc3ccccc3c2)c2ccccc2-c2cccc3ccccc23)c1. The molecule has 216 valence electrons. The van der Waals surface area contributed by atoms with E-state index in [0.29, 0.717) is 0 Å². The summed E-state index contributed by atoms with van der Waals surface area (Å²) in [5, 5.41) is 7.59. The Morgan fingerprint density at radius 1 is 0.370 bits per heavy atom. The second kappa shape index (κ2) is 11.0. The maximum Gasteiger partial charge on any atom is 0.0540 e. The zero-order valence-electron chi connectivity index (χ0n) is 25.1. The Bertz CT molecular complexity index is 2550. The lowest BCUT2D eigenvalue weighted by atomic mass is 9.95. The van der Waals surface area contributed by atoms with Gasteiger partial charge in [-0.1, -0.05) is 133 Å². The van der Waals surface area contributed by atoms with Crippen molar-refractivity contribution in [2.45, 2.75) is 0 Å². The summed E-state index contributed by atoms with van der Waals surface area (Å²) in [7, 11) is 0. The van der Waals surface area contributed by atoms with Gasteiger partial charge in [-0.2, -0.15) is 0 Å². The molecule has 8 aromatic carbocycles. The molecule has 1 heterocycles. The first-order valence-corrected chi connectivity index (χ1v) is 16.5. The lowest BCUT2D eigenvalue weighted by molar-refractivity contribution is 1.29. The van der Waals surface area contributed by atoms with Gasteiger partial charge in [0.05, 0.1) is 5.69 Å². The van der Waals surface area contributed by atoms with Crippen LogP contribution in [0, 0.1) is 0 Å². The van der Waals surface area contributed by atoms with E-state index in [1.807, 2.05) is 11.3 Å². The Hall–Kier alpha value is -5.70. The molecule has 0 bridgehead atoms. The molecule has 9 aromatic rings. The number of benzene rings is 8. The summed E-state index contributed by atoms with van der Waals surface area (Å²) in [5.41, 5.74) is 8.29. The van der Waals surface area contributed by atoms with Crippen molar-refractivity contribution in [2.24, 2.45) is 0 Å². The highest BCUT2D eigenvalue weighted by molar-refractivity contribution is 7.25. The smallest absolute Gasteiger partial charge is 0.0540 e. The van der Waals surface area contributed by atoms with Gasteiger partial charge < -0.3 is 4.90 Å². The van der Waals surface area contributed by atoms with Crippen LogP contribution in [0.3, 0.4) is 0 Å². The van der Waals surface area contributed by atoms with Gasteiger partial charge in [0.15, 0.2) is 0 Å². The minimum absolute atomic E-state index is 1.12. The average molecular weight is 604 g/mol. The van der Waals surface area contributed by atoms with Crippen molar-refractivity contribution >= 4 is 70.1 Å². The summed E-state index contributed by atoms with van der Waals surface area (Å²) in [6, 6.07) is 64.0. The maximum atomic E-state index is 2.43. The molecule has 9 rings (SSSR count). The van der Waals surface area contributed by atoms with Crippen LogP contribution >= 0.6 is 11.3 Å². The van der Waals surface area contributed by atoms with Crippen molar-refractivity contribution < 1.29 is 0 Å². The van der Waals surface area contributed by atoms with Crippen LogP contribution in [0.1, 0.15) is 0 Å². The highest BCUT2D eigenvalue weighted by Crippen LogP contribution is 2.45. The third-order valence-corrected chi connectivity index (χ3v) is 10.2. The van der Waals surface area contributed by atoms with E-state index in [1.165, 1.54) is 64.0 Å². The molecule has 0 fully saturated rings. The molecule has 2 heteroatoms. The predicted molar refractivity (Wildman–Crippen MR) is 200 cm³/mol. The Labute approximate surface area is 272 Å². The number of anilines is 3. The first-order chi connectivity index (χ1) is 22.8. The van der Waals surface area contributed by atoms with Gasteiger partial charge in [-0.25, -0.2) is 0 Å². The molecule has 0 saturated heterocycles. The molecule has 0 aliphatic rings. The third kappa shape index (κ3) is 4.46. The second-order valence-electron chi connectivity index (χ2n) is 11.7. The van der Waals surface area contributed by atoms with Gasteiger partial charge in [-0.3, -0.25) is 0 Å². The zero-order valence-corrected chi connectivity index (χ0v) is 25.9. The molecule has 0 aliphatic heterocycles. The molecule has 0 amide bonds. The molecule has 0 unspecified atom stereocenters. The first kappa shape index (κ1) is 26.7. The number of hydrogen-bond acceptors (Lipinski definition) is 2. The van der Waals surface area contributed by atoms with E-state index in [2.05, 4.69) is 181 Å². The van der Waals surface area contributed by atoms with Gasteiger partial charge in [-0.05, 0) is 80.7 Å². The lowest BCUT2D eigenvalue weighted by Crippen LogP contribution is -2.11. The quantitative estimate of drug-likeness (QED) is 0.189. The van der Waals surface area contributed by atoms with Crippen molar-refractivity contribution in [1.82, 2.24) is 0 Å². The van der Waals surface area contributed by atoms with Crippen molar-refractivity contribution in [3.8, 4) is 22.3 Å². The van der Waals surface area contributed by atoms with Crippen LogP contribution in [-0.4, -0.2) is 0 Å². The fourth-order valence-corrected chi connectivity index (χ4v) is 8.06. The zero-order chi connectivity index (χ0) is 30.5. The van der Waals surface area contributed by atoms with E-state index >= 15 is 0 Å². The van der Waals surface area contributed by atoms with Gasteiger partial charge in [0, 0.05) is 37.1 Å². The monoisotopic (exact) mass is 603 g/mol. The summed E-state index contributed by atoms with van der Waals surface area (Å²) in [4.78, 5) is 2.43. The third-order valence-electron chi connectivity index (χ3n) is 9.03. The molecule has 0 atom stereocenters. The van der Waals surface area contributed by atoms with Crippen LogP contribution in [0.15, 0.2) is 176 Å². The topological polar surface area (TPSA) is 3.24 Å². The molecule has 1 aromatic heterocycles. The minimum Gasteiger partial charge on any atom is -0.310 e. The van der Waals surface area contributed by atoms with Crippen LogP contribution in [0.4, 0.5) is 17.1 Å². The van der Waals surface area contributed by atoms with Crippen molar-refractivity contribution in [2.75, 3.05) is 4.90 Å². The van der Waals surface area contributed by atoms with Gasteiger partial charge in [0.1, 0.15) is 0 Å². The van der Waals surface area contributed by atoms with E-state index in [-0.39, 0.29) is 0 Å². The van der Waals surface area contributed by atoms with E-state index < -0.39 is 0 Å². The Morgan fingerprint density at radius 3 is 1.93 bits per heavy atom. The van der Waals surface area contributed by atoms with E-state index in [0.717, 1.165) is 17.1 Å². The normalized spacial score (nSPS) is 11.5. The van der Waals surface area contributed by atoms with Crippen LogP contribution in [0.2, 0.25) is 0 Å². The highest BCUT2D eigenvalue weighted by atomic mass is 32.1. The summed E-state index contributed by atoms with van der Waals surface area (Å²) in [6.45, 7) is 0. The first-order valence-electron chi connectivity index (χ1n) is 15.7. The van der Waals surface area contributed by atoms with Crippen molar-refractivity contribution in [1.29, 1.82) is 0 Å². The molecule has 0 radical (unpaired) electrons. The number of nitrogens with zero attached hydrogens (tertiary/aromatic N) is 1. The molecule has 0 saturated carbocycles. The molecule has 1 nitrogen and oxygen atoms in total. The van der Waals surface area contributed by atoms with Gasteiger partial charge in [0.2, 0.25) is 0 Å². The van der Waals surface area contributed by atoms with Crippen molar-refractivity contribution in [3.63, 3.8) is 0 Å². The van der Waals surface area contributed by atoms with Gasteiger partial charge in [-0.15, -0.1) is 11.3 Å². The number of fused-ring (bicyclic) bond motifs is 5. The van der Waals surface area contributed by atoms with E-state index in [1.54, 1.807) is 0 Å². The standard InChI is InChI=1S/C44H29NS/c1-2-14-32-28-35(27-26-30(32)12-1)45(41-23-7-5-19-39(41)38-22-10-15-31-13-3-4-18-36(31)38)34-17-9-16-33(29-34)37-21-11-25-43-44(37)40-20-6-8-24-42(40)46-43/h1-29H. The fourth-order valence-electron chi connectivity index (χ4n) is 6.93. The molecular formula is C44H29NS. The maximum absolute atomic E-state index is 2.43. The Balaban J connectivity index is 1.29. The fraction of sp³-hybridized carbons (Fsp3) is 0. The lowest BCUT2D eigenvalue weighted by Gasteiger charge is -2.29. The van der Waals surface area contributed by atoms with Crippen LogP contribution in [-0.2, 0) is 0 Å². The second-order valence-corrected chi connectivity index (χ2v) is 12.8. The van der Waals surface area contributed by atoms with E-state index in [9.17, 15) is 0 Å². The average Bonchev–Trinajstić information content (AvgIpc) is 3.51. The number of para-hydroxylation sites is 1. The predicted octanol–water partition coefficient (Wildman–Crippen LogP) is 13.2. The van der Waals surface area contributed by atoms with Gasteiger partial charge >= 0.3 is 0 Å². The van der Waals surface area contributed by atoms with Crippen LogP contribution in [0.5, 0.6) is 0 Å². The summed E-state index contributed by atoms with van der Waals surface area (Å²) < 4.78 is 2.64. The summed E-state index contributed by atoms with van der Waals surface area (Å²) >= 11 is 1.87. The summed E-state index contributed by atoms with van der Waals surface area (Å²) in [5.74, 6) is 0. The number of rotatable bonds is 5. The minimum atomic E-state index is 1.12. The molecular weight excluding hydrogens is 575 g/mol. The highest BCUT2D eigenvalue weighted by Gasteiger charge is 2.20. The number of thiophene rings is 1. The Morgan fingerprint density at radius 2 is 1.00 bits per heavy atom. The van der Waals surface area contributed by atoms with Crippen LogP contribution < -0.4 is 4.90 Å². The molecule has 0 aliphatic carbocycles. The molecule has 46 heavy (non-hydrogen) atoms. The van der Waals surface area contributed by atoms with Crippen LogP contribution in [0.25, 0.3) is 64.0 Å². The van der Waals surface area contributed by atoms with E-state index in [4.69, 9.17) is 0 Å². The Kier molecular flexibility index (Phi) is 6.40. The molecule has 0 N–H and O–H groups in total. The van der Waals surface area contributed by atoms with Gasteiger partial charge in [0.25, 0.3) is 0 Å². The summed E-state index contributed by atoms with van der Waals surface area (Å²) in [6.07, 6.45) is 0. The largest absolute Gasteiger partial charge is 0.310 e.